The Labute approximate surface area is 255 Å². The van der Waals surface area contributed by atoms with E-state index in [1.54, 1.807) is 6.20 Å². The van der Waals surface area contributed by atoms with Crippen LogP contribution in [-0.4, -0.2) is 72.5 Å². The summed E-state index contributed by atoms with van der Waals surface area (Å²) in [4.78, 5) is 20.3. The van der Waals surface area contributed by atoms with Gasteiger partial charge in [-0.15, -0.1) is 6.42 Å². The lowest BCUT2D eigenvalue weighted by Crippen LogP contribution is -2.43. The highest BCUT2D eigenvalue weighted by atomic mass is 19.1. The number of phenols is 1. The molecule has 45 heavy (non-hydrogen) atoms. The second-order valence-electron chi connectivity index (χ2n) is 11.8. The molecule has 0 spiro atoms. The largest absolute Gasteiger partial charge is 0.508 e. The number of fused-ring (bicyclic) bond motifs is 4. The summed E-state index contributed by atoms with van der Waals surface area (Å²) in [5, 5.41) is 11.4. The molecular formula is C33H27F3N6O3. The Balaban J connectivity index is 1.32. The molecule has 0 radical (unpaired) electrons. The van der Waals surface area contributed by atoms with Crippen LogP contribution in [0, 0.1) is 24.0 Å². The van der Waals surface area contributed by atoms with E-state index in [2.05, 4.69) is 25.8 Å². The number of pyridine rings is 1. The Hall–Kier alpha value is -4.73. The predicted molar refractivity (Wildman–Crippen MR) is 159 cm³/mol. The van der Waals surface area contributed by atoms with Crippen molar-refractivity contribution in [3.8, 4) is 46.9 Å². The molecule has 8 rings (SSSR count). The molecule has 0 bridgehead atoms. The molecule has 12 heteroatoms. The van der Waals surface area contributed by atoms with Gasteiger partial charge in [-0.25, -0.2) is 18.2 Å². The van der Waals surface area contributed by atoms with Gasteiger partial charge in [-0.3, -0.25) is 9.88 Å². The van der Waals surface area contributed by atoms with Crippen LogP contribution in [0.25, 0.3) is 44.5 Å². The van der Waals surface area contributed by atoms with Crippen molar-refractivity contribution in [1.82, 2.24) is 29.4 Å². The van der Waals surface area contributed by atoms with Crippen molar-refractivity contribution in [3.05, 3.63) is 59.6 Å². The van der Waals surface area contributed by atoms with E-state index in [0.29, 0.717) is 49.6 Å². The van der Waals surface area contributed by atoms with Crippen LogP contribution < -0.4 is 4.74 Å². The summed E-state index contributed by atoms with van der Waals surface area (Å²) in [6, 6.07) is 5.29. The highest BCUT2D eigenvalue weighted by Crippen LogP contribution is 2.42. The summed E-state index contributed by atoms with van der Waals surface area (Å²) in [5.41, 5.74) is 0.422. The van der Waals surface area contributed by atoms with E-state index in [1.807, 2.05) is 4.57 Å². The van der Waals surface area contributed by atoms with Gasteiger partial charge < -0.3 is 19.1 Å². The standard InChI is InChI=1S/C33H27F3N6O3/c1-2-22-25(35)5-4-18-10-21(43)11-23(26(18)22)28-27(36)29-24(14-37-28)30(31-38-13-20-16-44-9-8-42(20)31)40-32(39-29)45-17-33-6-3-7-41(33)15-19(34)12-33/h1,4-5,10-11,13-14,19,43H,3,6-9,12,15-17H2/t19-,33+/m1/s1. The Morgan fingerprint density at radius 2 is 2.02 bits per heavy atom. The first-order chi connectivity index (χ1) is 21.8. The second kappa shape index (κ2) is 10.4. The van der Waals surface area contributed by atoms with E-state index in [0.717, 1.165) is 25.1 Å². The molecule has 9 nitrogen and oxygen atoms in total. The number of alkyl halides is 1. The lowest BCUT2D eigenvalue weighted by Gasteiger charge is -2.30. The number of nitrogens with zero attached hydrogens (tertiary/aromatic N) is 6. The maximum absolute atomic E-state index is 16.8. The molecule has 6 heterocycles. The first-order valence-electron chi connectivity index (χ1n) is 14.8. The number of aromatic nitrogens is 5. The van der Waals surface area contributed by atoms with Crippen molar-refractivity contribution in [1.29, 1.82) is 0 Å². The molecular weight excluding hydrogens is 585 g/mol. The summed E-state index contributed by atoms with van der Waals surface area (Å²) >= 11 is 0. The molecule has 0 saturated carbocycles. The van der Waals surface area contributed by atoms with Crippen LogP contribution in [0.15, 0.2) is 36.7 Å². The first kappa shape index (κ1) is 27.8. The van der Waals surface area contributed by atoms with Crippen molar-refractivity contribution < 1.29 is 27.8 Å². The number of aromatic hydroxyl groups is 1. The molecule has 3 aliphatic rings. The van der Waals surface area contributed by atoms with Crippen LogP contribution in [0.4, 0.5) is 13.2 Å². The second-order valence-corrected chi connectivity index (χ2v) is 11.8. The minimum Gasteiger partial charge on any atom is -0.508 e. The fraction of sp³-hybridized carbons (Fsp3) is 0.333. The topological polar surface area (TPSA) is 98.4 Å². The summed E-state index contributed by atoms with van der Waals surface area (Å²) in [6.07, 6.45) is 9.90. The number of terminal acetylenes is 1. The Bertz CT molecular complexity index is 2060. The fourth-order valence-corrected chi connectivity index (χ4v) is 7.16. The van der Waals surface area contributed by atoms with Crippen molar-refractivity contribution in [2.24, 2.45) is 0 Å². The van der Waals surface area contributed by atoms with Gasteiger partial charge >= 0.3 is 6.01 Å². The number of ether oxygens (including phenoxy) is 2. The van der Waals surface area contributed by atoms with E-state index < -0.39 is 23.3 Å². The van der Waals surface area contributed by atoms with Crippen LogP contribution in [0.1, 0.15) is 30.5 Å². The lowest BCUT2D eigenvalue weighted by atomic mass is 9.95. The van der Waals surface area contributed by atoms with Gasteiger partial charge in [-0.1, -0.05) is 12.0 Å². The first-order valence-corrected chi connectivity index (χ1v) is 14.8. The zero-order chi connectivity index (χ0) is 30.9. The lowest BCUT2D eigenvalue weighted by molar-refractivity contribution is 0.0855. The van der Waals surface area contributed by atoms with Gasteiger partial charge in [-0.2, -0.15) is 9.97 Å². The molecule has 5 aromatic rings. The van der Waals surface area contributed by atoms with E-state index in [4.69, 9.17) is 20.9 Å². The summed E-state index contributed by atoms with van der Waals surface area (Å²) in [6.45, 7) is 2.66. The van der Waals surface area contributed by atoms with Crippen molar-refractivity contribution in [2.45, 2.75) is 44.1 Å². The van der Waals surface area contributed by atoms with Crippen molar-refractivity contribution in [3.63, 3.8) is 0 Å². The number of phenolic OH excluding ortho intramolecular Hbond substituents is 1. The SMILES string of the molecule is C#Cc1c(F)ccc2cc(O)cc(-c3ncc4c(-c5ncc6n5CCOC6)nc(OC[C@@]56CCCN5C[C@H](F)C6)nc4c3F)c12. The fourth-order valence-electron chi connectivity index (χ4n) is 7.16. The number of halogens is 3. The van der Waals surface area contributed by atoms with Gasteiger partial charge in [0.05, 0.1) is 41.6 Å². The van der Waals surface area contributed by atoms with E-state index in [1.165, 1.54) is 30.5 Å². The molecule has 2 aromatic carbocycles. The maximum atomic E-state index is 16.8. The number of imidazole rings is 1. The molecule has 0 unspecified atom stereocenters. The van der Waals surface area contributed by atoms with Gasteiger partial charge in [-0.05, 0) is 43.0 Å². The molecule has 0 amide bonds. The van der Waals surface area contributed by atoms with E-state index in [9.17, 15) is 13.9 Å². The predicted octanol–water partition coefficient (Wildman–Crippen LogP) is 5.16. The minimum atomic E-state index is -0.943. The van der Waals surface area contributed by atoms with E-state index in [-0.39, 0.29) is 51.5 Å². The Kier molecular flexibility index (Phi) is 6.44. The molecule has 1 N–H and O–H groups in total. The molecule has 0 aliphatic carbocycles. The third-order valence-electron chi connectivity index (χ3n) is 9.20. The third kappa shape index (κ3) is 4.41. The van der Waals surface area contributed by atoms with Gasteiger partial charge in [0.15, 0.2) is 11.6 Å². The van der Waals surface area contributed by atoms with Gasteiger partial charge in [0.2, 0.25) is 0 Å². The van der Waals surface area contributed by atoms with Crippen LogP contribution >= 0.6 is 0 Å². The number of benzene rings is 2. The number of hydrogen-bond donors (Lipinski definition) is 1. The zero-order valence-electron chi connectivity index (χ0n) is 24.1. The minimum absolute atomic E-state index is 0.0782. The molecule has 3 aliphatic heterocycles. The maximum Gasteiger partial charge on any atom is 0.317 e. The van der Waals surface area contributed by atoms with Gasteiger partial charge in [0.1, 0.15) is 41.2 Å². The van der Waals surface area contributed by atoms with E-state index >= 15 is 4.39 Å². The average molecular weight is 613 g/mol. The molecule has 2 fully saturated rings. The van der Waals surface area contributed by atoms with Gasteiger partial charge in [0, 0.05) is 36.7 Å². The monoisotopic (exact) mass is 612 g/mol. The van der Waals surface area contributed by atoms with Crippen LogP contribution in [0.5, 0.6) is 11.8 Å². The van der Waals surface area contributed by atoms with Crippen molar-refractivity contribution >= 4 is 21.7 Å². The van der Waals surface area contributed by atoms with Crippen LogP contribution in [-0.2, 0) is 17.9 Å². The van der Waals surface area contributed by atoms with Crippen molar-refractivity contribution in [2.75, 3.05) is 26.3 Å². The quantitative estimate of drug-likeness (QED) is 0.272. The highest BCUT2D eigenvalue weighted by molar-refractivity contribution is 6.03. The van der Waals surface area contributed by atoms with Crippen LogP contribution in [0.2, 0.25) is 0 Å². The normalized spacial score (nSPS) is 21.2. The number of hydrogen-bond acceptors (Lipinski definition) is 8. The highest BCUT2D eigenvalue weighted by Gasteiger charge is 2.49. The number of rotatable bonds is 5. The molecule has 2 atom stereocenters. The summed E-state index contributed by atoms with van der Waals surface area (Å²) in [7, 11) is 0. The smallest absolute Gasteiger partial charge is 0.317 e. The molecule has 2 saturated heterocycles. The summed E-state index contributed by atoms with van der Waals surface area (Å²) in [5.74, 6) is 1.16. The Morgan fingerprint density at radius 1 is 1.13 bits per heavy atom. The van der Waals surface area contributed by atoms with Gasteiger partial charge in [0.25, 0.3) is 0 Å². The zero-order valence-corrected chi connectivity index (χ0v) is 24.1. The summed E-state index contributed by atoms with van der Waals surface area (Å²) < 4.78 is 59.7. The molecule has 3 aromatic heterocycles. The average Bonchev–Trinajstić information content (AvgIpc) is 3.72. The molecule has 228 valence electrons. The van der Waals surface area contributed by atoms with Crippen LogP contribution in [0.3, 0.4) is 0 Å². The Morgan fingerprint density at radius 3 is 2.89 bits per heavy atom. The third-order valence-corrected chi connectivity index (χ3v) is 9.20.